The molecule has 2 nitrogen and oxygen atoms in total. The molecule has 0 atom stereocenters. The lowest BCUT2D eigenvalue weighted by Crippen LogP contribution is -2.10. The Morgan fingerprint density at radius 1 is 2.00 bits per heavy atom. The smallest absolute Gasteiger partial charge is 0.206 e. The van der Waals surface area contributed by atoms with Gasteiger partial charge in [0.25, 0.3) is 0 Å². The van der Waals surface area contributed by atoms with Gasteiger partial charge in [-0.3, -0.25) is 10.3 Å². The van der Waals surface area contributed by atoms with Gasteiger partial charge in [-0.2, -0.15) is 0 Å². The zero-order valence-electron chi connectivity index (χ0n) is 4.14. The minimum absolute atomic E-state index is 0.899. The van der Waals surface area contributed by atoms with Crippen LogP contribution in [0.4, 0.5) is 0 Å². The zero-order valence-corrected chi connectivity index (χ0v) is 4.96. The van der Waals surface area contributed by atoms with Gasteiger partial charge in [0.15, 0.2) is 0 Å². The van der Waals surface area contributed by atoms with E-state index >= 15 is 0 Å². The maximum Gasteiger partial charge on any atom is 0.206 e. The summed E-state index contributed by atoms with van der Waals surface area (Å²) in [5.74, 6) is 0. The predicted molar refractivity (Wildman–Crippen MR) is 33.3 cm³/mol. The molecular weight excluding hydrogens is 108 g/mol. The SMILES string of the molecule is CS[C]1N=CCN1. The van der Waals surface area contributed by atoms with Crippen molar-refractivity contribution in [1.29, 1.82) is 0 Å². The van der Waals surface area contributed by atoms with Crippen molar-refractivity contribution >= 4 is 18.0 Å². The van der Waals surface area contributed by atoms with Crippen LogP contribution in [0.5, 0.6) is 0 Å². The molecule has 0 saturated carbocycles. The van der Waals surface area contributed by atoms with E-state index in [9.17, 15) is 0 Å². The molecular formula is C4H7N2S. The Hall–Kier alpha value is -0.0200. The fourth-order valence-electron chi connectivity index (χ4n) is 0.432. The molecule has 39 valence electrons. The number of thioether (sulfide) groups is 1. The summed E-state index contributed by atoms with van der Waals surface area (Å²) in [7, 11) is 0. The van der Waals surface area contributed by atoms with Crippen LogP contribution in [0.3, 0.4) is 0 Å². The van der Waals surface area contributed by atoms with Gasteiger partial charge in [-0.15, -0.1) is 11.8 Å². The van der Waals surface area contributed by atoms with E-state index in [4.69, 9.17) is 0 Å². The maximum absolute atomic E-state index is 4.00. The lowest BCUT2D eigenvalue weighted by molar-refractivity contribution is 0.932. The lowest BCUT2D eigenvalue weighted by atomic mass is 10.8. The van der Waals surface area contributed by atoms with Crippen molar-refractivity contribution in [3.05, 3.63) is 5.50 Å². The topological polar surface area (TPSA) is 24.4 Å². The lowest BCUT2D eigenvalue weighted by Gasteiger charge is -1.97. The number of nitrogens with one attached hydrogen (secondary N) is 1. The minimum Gasteiger partial charge on any atom is -0.276 e. The summed E-state index contributed by atoms with van der Waals surface area (Å²) in [4.78, 5) is 4.00. The van der Waals surface area contributed by atoms with Gasteiger partial charge in [-0.1, -0.05) is 0 Å². The first-order chi connectivity index (χ1) is 3.43. The first kappa shape index (κ1) is 5.12. The molecule has 0 aromatic heterocycles. The first-order valence-electron chi connectivity index (χ1n) is 2.11. The van der Waals surface area contributed by atoms with Crippen molar-refractivity contribution in [3.8, 4) is 0 Å². The molecule has 0 aromatic carbocycles. The van der Waals surface area contributed by atoms with Gasteiger partial charge < -0.3 is 0 Å². The fourth-order valence-corrected chi connectivity index (χ4v) is 0.840. The van der Waals surface area contributed by atoms with Crippen molar-refractivity contribution in [2.75, 3.05) is 12.8 Å². The normalized spacial score (nSPS) is 21.3. The molecule has 0 fully saturated rings. The van der Waals surface area contributed by atoms with Crippen molar-refractivity contribution < 1.29 is 0 Å². The average molecular weight is 115 g/mol. The van der Waals surface area contributed by atoms with E-state index in [2.05, 4.69) is 10.3 Å². The van der Waals surface area contributed by atoms with Crippen molar-refractivity contribution in [2.24, 2.45) is 4.99 Å². The number of rotatable bonds is 1. The van der Waals surface area contributed by atoms with Crippen LogP contribution in [0.25, 0.3) is 0 Å². The van der Waals surface area contributed by atoms with Gasteiger partial charge in [-0.25, -0.2) is 0 Å². The van der Waals surface area contributed by atoms with E-state index in [1.165, 1.54) is 0 Å². The summed E-state index contributed by atoms with van der Waals surface area (Å²) in [6, 6.07) is 0. The van der Waals surface area contributed by atoms with E-state index in [0.29, 0.717) is 0 Å². The number of aliphatic imine (C=N–C) groups is 1. The van der Waals surface area contributed by atoms with Crippen LogP contribution in [0.15, 0.2) is 4.99 Å². The standard InChI is InChI=1S/C4H7N2S/c1-7-4-5-2-3-6-4/h2,6H,3H2,1H3. The molecule has 1 rings (SSSR count). The molecule has 0 aliphatic carbocycles. The number of hydrogen-bond donors (Lipinski definition) is 1. The highest BCUT2D eigenvalue weighted by Gasteiger charge is 2.06. The maximum atomic E-state index is 4.00. The van der Waals surface area contributed by atoms with Crippen LogP contribution in [0.1, 0.15) is 0 Å². The van der Waals surface area contributed by atoms with Crippen molar-refractivity contribution in [2.45, 2.75) is 0 Å². The zero-order chi connectivity index (χ0) is 5.11. The molecule has 7 heavy (non-hydrogen) atoms. The number of nitrogens with zero attached hydrogens (tertiary/aromatic N) is 1. The summed E-state index contributed by atoms with van der Waals surface area (Å²) in [5, 5.41) is 3.06. The van der Waals surface area contributed by atoms with Crippen molar-refractivity contribution in [3.63, 3.8) is 0 Å². The largest absolute Gasteiger partial charge is 0.276 e. The third-order valence-corrected chi connectivity index (χ3v) is 1.38. The molecule has 1 heterocycles. The van der Waals surface area contributed by atoms with Gasteiger partial charge in [-0.05, 0) is 6.26 Å². The van der Waals surface area contributed by atoms with Gasteiger partial charge in [0.2, 0.25) is 5.50 Å². The van der Waals surface area contributed by atoms with Crippen LogP contribution in [-0.4, -0.2) is 19.0 Å². The van der Waals surface area contributed by atoms with E-state index in [1.54, 1.807) is 11.8 Å². The molecule has 1 aliphatic rings. The van der Waals surface area contributed by atoms with Gasteiger partial charge in [0.1, 0.15) is 0 Å². The average Bonchev–Trinajstić information content (AvgIpc) is 2.14. The van der Waals surface area contributed by atoms with Crippen LogP contribution < -0.4 is 5.32 Å². The van der Waals surface area contributed by atoms with Crippen molar-refractivity contribution in [1.82, 2.24) is 5.32 Å². The molecule has 0 bridgehead atoms. The molecule has 1 aliphatic heterocycles. The van der Waals surface area contributed by atoms with E-state index in [-0.39, 0.29) is 0 Å². The quantitative estimate of drug-likeness (QED) is 0.537. The Kier molecular flexibility index (Phi) is 1.70. The number of hydrogen-bond acceptors (Lipinski definition) is 3. The summed E-state index contributed by atoms with van der Waals surface area (Å²) in [6.07, 6.45) is 3.87. The van der Waals surface area contributed by atoms with E-state index < -0.39 is 0 Å². The second-order valence-corrected chi connectivity index (χ2v) is 2.00. The third-order valence-electron chi connectivity index (χ3n) is 0.746. The molecule has 0 spiro atoms. The summed E-state index contributed by atoms with van der Waals surface area (Å²) in [6.45, 7) is 0.899. The highest BCUT2D eigenvalue weighted by Crippen LogP contribution is 2.14. The van der Waals surface area contributed by atoms with Gasteiger partial charge >= 0.3 is 0 Å². The molecule has 0 saturated heterocycles. The summed E-state index contributed by atoms with van der Waals surface area (Å²) in [5.41, 5.74) is 1.03. The summed E-state index contributed by atoms with van der Waals surface area (Å²) < 4.78 is 0. The molecule has 1 radical (unpaired) electrons. The molecule has 0 unspecified atom stereocenters. The van der Waals surface area contributed by atoms with Crippen LogP contribution in [-0.2, 0) is 0 Å². The fraction of sp³-hybridized carbons (Fsp3) is 0.500. The molecule has 0 aromatic rings. The second kappa shape index (κ2) is 2.33. The monoisotopic (exact) mass is 115 g/mol. The van der Waals surface area contributed by atoms with E-state index in [1.807, 2.05) is 12.5 Å². The highest BCUT2D eigenvalue weighted by atomic mass is 32.2. The van der Waals surface area contributed by atoms with Crippen LogP contribution in [0, 0.1) is 5.50 Å². The Labute approximate surface area is 47.4 Å². The highest BCUT2D eigenvalue weighted by molar-refractivity contribution is 8.01. The van der Waals surface area contributed by atoms with Crippen LogP contribution >= 0.6 is 11.8 Å². The summed E-state index contributed by atoms with van der Waals surface area (Å²) >= 11 is 1.64. The Balaban J connectivity index is 2.28. The van der Waals surface area contributed by atoms with E-state index in [0.717, 1.165) is 12.0 Å². The Morgan fingerprint density at radius 2 is 2.86 bits per heavy atom. The Morgan fingerprint density at radius 3 is 3.14 bits per heavy atom. The molecule has 3 heteroatoms. The first-order valence-corrected chi connectivity index (χ1v) is 3.33. The Bertz CT molecular complexity index is 81.8. The van der Waals surface area contributed by atoms with Gasteiger partial charge in [0, 0.05) is 12.8 Å². The molecule has 1 N–H and O–H groups in total. The second-order valence-electron chi connectivity index (χ2n) is 1.20. The predicted octanol–water partition coefficient (Wildman–Crippen LogP) is 0.470. The minimum atomic E-state index is 0.899. The third kappa shape index (κ3) is 1.17. The molecule has 0 amide bonds. The van der Waals surface area contributed by atoms with Crippen LogP contribution in [0.2, 0.25) is 0 Å². The van der Waals surface area contributed by atoms with Gasteiger partial charge in [0.05, 0.1) is 0 Å².